The van der Waals surface area contributed by atoms with Crippen LogP contribution in [0.15, 0.2) is 70.1 Å². The Balaban J connectivity index is 1.86. The Labute approximate surface area is 139 Å². The molecule has 0 aliphatic carbocycles. The summed E-state index contributed by atoms with van der Waals surface area (Å²) in [5.41, 5.74) is 1.06. The summed E-state index contributed by atoms with van der Waals surface area (Å²) in [4.78, 5) is 12.4. The number of aromatic nitrogens is 1. The standard InChI is InChI=1S/C17H14N2O4S/c1-24(21,22)16-10-6-5-9-13(16)18-17(20)14-11-15(23-19-14)12-7-3-2-4-8-12/h2-11H,1H3,(H,18,20). The van der Waals surface area contributed by atoms with Gasteiger partial charge in [0.25, 0.3) is 5.91 Å². The summed E-state index contributed by atoms with van der Waals surface area (Å²) in [6, 6.07) is 16.9. The zero-order valence-electron chi connectivity index (χ0n) is 12.8. The highest BCUT2D eigenvalue weighted by atomic mass is 32.2. The van der Waals surface area contributed by atoms with E-state index in [2.05, 4.69) is 10.5 Å². The number of carbonyl (C=O) groups is 1. The zero-order chi connectivity index (χ0) is 17.2. The second kappa shape index (κ2) is 6.29. The Morgan fingerprint density at radius 3 is 2.42 bits per heavy atom. The molecular formula is C17H14N2O4S. The molecule has 0 aliphatic heterocycles. The topological polar surface area (TPSA) is 89.3 Å². The van der Waals surface area contributed by atoms with E-state index in [0.717, 1.165) is 11.8 Å². The summed E-state index contributed by atoms with van der Waals surface area (Å²) >= 11 is 0. The van der Waals surface area contributed by atoms with Crippen LogP contribution in [-0.4, -0.2) is 25.7 Å². The lowest BCUT2D eigenvalue weighted by atomic mass is 10.1. The number of amides is 1. The maximum absolute atomic E-state index is 12.3. The molecule has 1 heterocycles. The quantitative estimate of drug-likeness (QED) is 0.787. The van der Waals surface area contributed by atoms with Crippen LogP contribution in [0.4, 0.5) is 5.69 Å². The zero-order valence-corrected chi connectivity index (χ0v) is 13.6. The number of hydrogen-bond donors (Lipinski definition) is 1. The van der Waals surface area contributed by atoms with Gasteiger partial charge in [0, 0.05) is 17.9 Å². The molecule has 0 saturated heterocycles. The highest BCUT2D eigenvalue weighted by Gasteiger charge is 2.18. The molecule has 1 N–H and O–H groups in total. The number of carbonyl (C=O) groups excluding carboxylic acids is 1. The molecule has 1 aromatic heterocycles. The fraction of sp³-hybridized carbons (Fsp3) is 0.0588. The summed E-state index contributed by atoms with van der Waals surface area (Å²) < 4.78 is 28.7. The lowest BCUT2D eigenvalue weighted by molar-refractivity contribution is 0.101. The molecule has 122 valence electrons. The molecule has 0 bridgehead atoms. The minimum Gasteiger partial charge on any atom is -0.355 e. The fourth-order valence-corrected chi connectivity index (χ4v) is 3.04. The molecule has 3 aromatic rings. The van der Waals surface area contributed by atoms with E-state index in [1.165, 1.54) is 18.2 Å². The van der Waals surface area contributed by atoms with Crippen molar-refractivity contribution < 1.29 is 17.7 Å². The van der Waals surface area contributed by atoms with E-state index < -0.39 is 15.7 Å². The van der Waals surface area contributed by atoms with Crippen molar-refractivity contribution in [2.24, 2.45) is 0 Å². The highest BCUT2D eigenvalue weighted by Crippen LogP contribution is 2.23. The average Bonchev–Trinajstić information content (AvgIpc) is 3.05. The largest absolute Gasteiger partial charge is 0.355 e. The van der Waals surface area contributed by atoms with Gasteiger partial charge in [0.05, 0.1) is 10.6 Å². The van der Waals surface area contributed by atoms with Crippen molar-refractivity contribution in [3.63, 3.8) is 0 Å². The van der Waals surface area contributed by atoms with Crippen LogP contribution in [-0.2, 0) is 9.84 Å². The molecule has 3 rings (SSSR count). The Bertz CT molecular complexity index is 979. The predicted molar refractivity (Wildman–Crippen MR) is 89.4 cm³/mol. The first kappa shape index (κ1) is 15.9. The van der Waals surface area contributed by atoms with Crippen molar-refractivity contribution in [3.8, 4) is 11.3 Å². The van der Waals surface area contributed by atoms with Crippen molar-refractivity contribution in [3.05, 3.63) is 66.4 Å². The first-order valence-electron chi connectivity index (χ1n) is 7.08. The van der Waals surface area contributed by atoms with Gasteiger partial charge in [-0.05, 0) is 12.1 Å². The molecule has 0 radical (unpaired) electrons. The smallest absolute Gasteiger partial charge is 0.277 e. The van der Waals surface area contributed by atoms with Gasteiger partial charge >= 0.3 is 0 Å². The molecule has 0 saturated carbocycles. The van der Waals surface area contributed by atoms with Crippen molar-refractivity contribution in [1.29, 1.82) is 0 Å². The summed E-state index contributed by atoms with van der Waals surface area (Å²) in [5, 5.41) is 6.30. The molecule has 0 atom stereocenters. The maximum Gasteiger partial charge on any atom is 0.277 e. The Morgan fingerprint density at radius 2 is 1.71 bits per heavy atom. The molecule has 1 amide bonds. The van der Waals surface area contributed by atoms with E-state index >= 15 is 0 Å². The first-order valence-corrected chi connectivity index (χ1v) is 8.97. The molecule has 0 spiro atoms. The van der Waals surface area contributed by atoms with Crippen LogP contribution in [0.2, 0.25) is 0 Å². The third-order valence-electron chi connectivity index (χ3n) is 3.34. The van der Waals surface area contributed by atoms with Crippen LogP contribution >= 0.6 is 0 Å². The number of nitrogens with zero attached hydrogens (tertiary/aromatic N) is 1. The van der Waals surface area contributed by atoms with E-state index in [0.29, 0.717) is 5.76 Å². The van der Waals surface area contributed by atoms with E-state index in [4.69, 9.17) is 4.52 Å². The Hall–Kier alpha value is -2.93. The number of benzene rings is 2. The van der Waals surface area contributed by atoms with Gasteiger partial charge in [0.1, 0.15) is 0 Å². The number of para-hydroxylation sites is 1. The second-order valence-corrected chi connectivity index (χ2v) is 7.15. The van der Waals surface area contributed by atoms with Crippen LogP contribution in [0.25, 0.3) is 11.3 Å². The van der Waals surface area contributed by atoms with Crippen molar-refractivity contribution >= 4 is 21.4 Å². The lowest BCUT2D eigenvalue weighted by Crippen LogP contribution is -2.14. The van der Waals surface area contributed by atoms with E-state index in [1.54, 1.807) is 12.1 Å². The summed E-state index contributed by atoms with van der Waals surface area (Å²) in [6.45, 7) is 0. The minimum absolute atomic E-state index is 0.0464. The van der Waals surface area contributed by atoms with Crippen LogP contribution < -0.4 is 5.32 Å². The minimum atomic E-state index is -3.46. The van der Waals surface area contributed by atoms with Crippen LogP contribution in [0.1, 0.15) is 10.5 Å². The van der Waals surface area contributed by atoms with Crippen LogP contribution in [0.3, 0.4) is 0 Å². The number of rotatable bonds is 4. The normalized spacial score (nSPS) is 11.2. The summed E-state index contributed by atoms with van der Waals surface area (Å²) in [7, 11) is -3.46. The summed E-state index contributed by atoms with van der Waals surface area (Å²) in [5.74, 6) is -0.0887. The molecule has 7 heteroatoms. The average molecular weight is 342 g/mol. The SMILES string of the molecule is CS(=O)(=O)c1ccccc1NC(=O)c1cc(-c2ccccc2)on1. The Morgan fingerprint density at radius 1 is 1.04 bits per heavy atom. The van der Waals surface area contributed by atoms with Gasteiger partial charge in [0.15, 0.2) is 21.3 Å². The third-order valence-corrected chi connectivity index (χ3v) is 4.49. The maximum atomic E-state index is 12.3. The Kier molecular flexibility index (Phi) is 4.18. The molecule has 24 heavy (non-hydrogen) atoms. The first-order chi connectivity index (χ1) is 11.4. The number of anilines is 1. The van der Waals surface area contributed by atoms with E-state index in [-0.39, 0.29) is 16.3 Å². The molecule has 0 unspecified atom stereocenters. The number of nitrogens with one attached hydrogen (secondary N) is 1. The highest BCUT2D eigenvalue weighted by molar-refractivity contribution is 7.90. The van der Waals surface area contributed by atoms with Crippen molar-refractivity contribution in [2.75, 3.05) is 11.6 Å². The third kappa shape index (κ3) is 3.36. The van der Waals surface area contributed by atoms with Gasteiger partial charge in [-0.1, -0.05) is 47.6 Å². The second-order valence-electron chi connectivity index (χ2n) is 5.16. The van der Waals surface area contributed by atoms with E-state index in [9.17, 15) is 13.2 Å². The molecular weight excluding hydrogens is 328 g/mol. The monoisotopic (exact) mass is 342 g/mol. The fourth-order valence-electron chi connectivity index (χ4n) is 2.20. The molecule has 2 aromatic carbocycles. The van der Waals surface area contributed by atoms with E-state index in [1.807, 2.05) is 30.3 Å². The van der Waals surface area contributed by atoms with Crippen molar-refractivity contribution in [2.45, 2.75) is 4.90 Å². The van der Waals surface area contributed by atoms with Crippen LogP contribution in [0.5, 0.6) is 0 Å². The molecule has 6 nitrogen and oxygen atoms in total. The van der Waals surface area contributed by atoms with Gasteiger partial charge in [-0.3, -0.25) is 4.79 Å². The molecule has 0 fully saturated rings. The number of hydrogen-bond acceptors (Lipinski definition) is 5. The molecule has 0 aliphatic rings. The lowest BCUT2D eigenvalue weighted by Gasteiger charge is -2.07. The van der Waals surface area contributed by atoms with Crippen molar-refractivity contribution in [1.82, 2.24) is 5.16 Å². The summed E-state index contributed by atoms with van der Waals surface area (Å²) in [6.07, 6.45) is 1.08. The number of sulfone groups is 1. The van der Waals surface area contributed by atoms with Gasteiger partial charge in [-0.15, -0.1) is 0 Å². The van der Waals surface area contributed by atoms with Gasteiger partial charge < -0.3 is 9.84 Å². The van der Waals surface area contributed by atoms with Crippen LogP contribution in [0, 0.1) is 0 Å². The van der Waals surface area contributed by atoms with Gasteiger partial charge in [0.2, 0.25) is 0 Å². The van der Waals surface area contributed by atoms with Gasteiger partial charge in [-0.2, -0.15) is 0 Å². The van der Waals surface area contributed by atoms with Gasteiger partial charge in [-0.25, -0.2) is 8.42 Å². The predicted octanol–water partition coefficient (Wildman–Crippen LogP) is 3.00.